The van der Waals surface area contributed by atoms with E-state index in [1.54, 1.807) is 25.9 Å². The van der Waals surface area contributed by atoms with E-state index in [9.17, 15) is 14.4 Å². The average Bonchev–Trinajstić information content (AvgIpc) is 3.30. The van der Waals surface area contributed by atoms with Gasteiger partial charge in [-0.3, -0.25) is 14.4 Å². The second kappa shape index (κ2) is 11.0. The number of fused-ring (bicyclic) bond motifs is 1. The van der Waals surface area contributed by atoms with Crippen LogP contribution in [0.25, 0.3) is 0 Å². The third-order valence-electron chi connectivity index (χ3n) is 7.86. The molecule has 2 fully saturated rings. The summed E-state index contributed by atoms with van der Waals surface area (Å²) in [5.41, 5.74) is 0.467. The third-order valence-corrected chi connectivity index (χ3v) is 7.86. The van der Waals surface area contributed by atoms with Gasteiger partial charge < -0.3 is 25.0 Å². The van der Waals surface area contributed by atoms with Crippen molar-refractivity contribution in [3.63, 3.8) is 0 Å². The number of nitrogens with zero attached hydrogens (tertiary/aromatic N) is 1. The summed E-state index contributed by atoms with van der Waals surface area (Å²) in [5, 5.41) is 6.35. The van der Waals surface area contributed by atoms with Gasteiger partial charge in [0.15, 0.2) is 0 Å². The van der Waals surface area contributed by atoms with Crippen molar-refractivity contribution in [1.29, 1.82) is 0 Å². The first kappa shape index (κ1) is 25.5. The molecule has 1 saturated heterocycles. The maximum absolute atomic E-state index is 13.8. The van der Waals surface area contributed by atoms with Gasteiger partial charge in [-0.1, -0.05) is 25.3 Å². The molecule has 1 saturated carbocycles. The standard InChI is InChI=1S/C27H39N3O5/c1-27(2,26(33)29-19-11-13-35-14-12-19)30(17-18-7-5-4-6-8-18)25(32)24(31)22-16-28-23-15-20(34-3)9-10-21(22)23/h9-10,15,18-19,22,28H,4-8,11-14,16-17H2,1-3H3,(H,29,33). The Bertz CT molecular complexity index is 935. The van der Waals surface area contributed by atoms with Crippen molar-refractivity contribution in [2.45, 2.75) is 76.3 Å². The number of hydrogen-bond acceptors (Lipinski definition) is 6. The molecule has 1 atom stereocenters. The molecule has 1 unspecified atom stereocenters. The van der Waals surface area contributed by atoms with Crippen LogP contribution < -0.4 is 15.4 Å². The quantitative estimate of drug-likeness (QED) is 0.549. The molecule has 0 spiro atoms. The Kier molecular flexibility index (Phi) is 7.99. The number of amides is 2. The zero-order valence-electron chi connectivity index (χ0n) is 21.2. The molecule has 8 heteroatoms. The lowest BCUT2D eigenvalue weighted by atomic mass is 9.86. The zero-order valence-corrected chi connectivity index (χ0v) is 21.2. The molecule has 2 heterocycles. The molecule has 192 valence electrons. The van der Waals surface area contributed by atoms with E-state index in [0.717, 1.165) is 49.8 Å². The number of methoxy groups -OCH3 is 1. The monoisotopic (exact) mass is 485 g/mol. The second-order valence-corrected chi connectivity index (χ2v) is 10.6. The Morgan fingerprint density at radius 1 is 1.11 bits per heavy atom. The van der Waals surface area contributed by atoms with Gasteiger partial charge in [0.25, 0.3) is 5.91 Å². The number of Topliss-reactive ketones (excluding diaryl/α,β-unsaturated/α-hetero) is 1. The SMILES string of the molecule is COc1ccc2c(c1)NCC2C(=O)C(=O)N(CC1CCCCC1)C(C)(C)C(=O)NC1CCOCC1. The highest BCUT2D eigenvalue weighted by molar-refractivity contribution is 6.39. The van der Waals surface area contributed by atoms with Crippen LogP contribution in [0.15, 0.2) is 18.2 Å². The van der Waals surface area contributed by atoms with Crippen LogP contribution in [0.5, 0.6) is 5.75 Å². The van der Waals surface area contributed by atoms with Crippen LogP contribution in [0.1, 0.15) is 70.3 Å². The number of anilines is 1. The number of ether oxygens (including phenoxy) is 2. The lowest BCUT2D eigenvalue weighted by molar-refractivity contribution is -0.154. The summed E-state index contributed by atoms with van der Waals surface area (Å²) in [6, 6.07) is 5.52. The Balaban J connectivity index is 1.55. The number of hydrogen-bond donors (Lipinski definition) is 2. The average molecular weight is 486 g/mol. The van der Waals surface area contributed by atoms with E-state index in [4.69, 9.17) is 9.47 Å². The molecule has 0 radical (unpaired) electrons. The minimum Gasteiger partial charge on any atom is -0.497 e. The predicted molar refractivity (Wildman–Crippen MR) is 134 cm³/mol. The molecule has 2 amide bonds. The fraction of sp³-hybridized carbons (Fsp3) is 0.667. The number of nitrogens with one attached hydrogen (secondary N) is 2. The maximum atomic E-state index is 13.8. The summed E-state index contributed by atoms with van der Waals surface area (Å²) in [5.74, 6) is -0.834. The third kappa shape index (κ3) is 5.63. The van der Waals surface area contributed by atoms with Crippen molar-refractivity contribution in [3.05, 3.63) is 23.8 Å². The van der Waals surface area contributed by atoms with Gasteiger partial charge in [-0.2, -0.15) is 0 Å². The molecule has 0 bridgehead atoms. The van der Waals surface area contributed by atoms with E-state index in [2.05, 4.69) is 10.6 Å². The van der Waals surface area contributed by atoms with E-state index in [0.29, 0.717) is 38.0 Å². The van der Waals surface area contributed by atoms with Gasteiger partial charge >= 0.3 is 0 Å². The van der Waals surface area contributed by atoms with Crippen molar-refractivity contribution in [3.8, 4) is 5.75 Å². The van der Waals surface area contributed by atoms with E-state index >= 15 is 0 Å². The Morgan fingerprint density at radius 3 is 2.51 bits per heavy atom. The predicted octanol–water partition coefficient (Wildman–Crippen LogP) is 3.26. The van der Waals surface area contributed by atoms with Crippen molar-refractivity contribution in [1.82, 2.24) is 10.2 Å². The lowest BCUT2D eigenvalue weighted by Gasteiger charge is -2.41. The molecule has 1 aromatic carbocycles. The zero-order chi connectivity index (χ0) is 25.0. The molecule has 1 aliphatic carbocycles. The first-order valence-corrected chi connectivity index (χ1v) is 13.0. The van der Waals surface area contributed by atoms with Crippen LogP contribution in [0.4, 0.5) is 5.69 Å². The highest BCUT2D eigenvalue weighted by atomic mass is 16.5. The summed E-state index contributed by atoms with van der Waals surface area (Å²) in [6.45, 7) is 5.55. The van der Waals surface area contributed by atoms with Crippen LogP contribution >= 0.6 is 0 Å². The minimum absolute atomic E-state index is 0.0266. The van der Waals surface area contributed by atoms with E-state index < -0.39 is 23.1 Å². The van der Waals surface area contributed by atoms with Crippen LogP contribution in [-0.4, -0.2) is 67.5 Å². The van der Waals surface area contributed by atoms with Gasteiger partial charge in [0, 0.05) is 44.1 Å². The maximum Gasteiger partial charge on any atom is 0.291 e. The van der Waals surface area contributed by atoms with E-state index in [1.165, 1.54) is 6.42 Å². The number of benzene rings is 1. The van der Waals surface area contributed by atoms with Gasteiger partial charge in [-0.25, -0.2) is 0 Å². The molecular formula is C27H39N3O5. The largest absolute Gasteiger partial charge is 0.497 e. The van der Waals surface area contributed by atoms with Gasteiger partial charge in [0.2, 0.25) is 11.7 Å². The van der Waals surface area contributed by atoms with Gasteiger partial charge in [0.05, 0.1) is 13.0 Å². The van der Waals surface area contributed by atoms with Crippen LogP contribution in [-0.2, 0) is 19.1 Å². The van der Waals surface area contributed by atoms with Crippen molar-refractivity contribution >= 4 is 23.3 Å². The van der Waals surface area contributed by atoms with E-state index in [1.807, 2.05) is 18.2 Å². The number of ketones is 1. The summed E-state index contributed by atoms with van der Waals surface area (Å²) in [4.78, 5) is 42.4. The summed E-state index contributed by atoms with van der Waals surface area (Å²) >= 11 is 0. The summed E-state index contributed by atoms with van der Waals surface area (Å²) in [6.07, 6.45) is 6.99. The van der Waals surface area contributed by atoms with Crippen molar-refractivity contribution in [2.24, 2.45) is 5.92 Å². The Hall–Kier alpha value is -2.61. The minimum atomic E-state index is -1.14. The number of carbonyl (C=O) groups excluding carboxylic acids is 3. The number of carbonyl (C=O) groups is 3. The van der Waals surface area contributed by atoms with E-state index in [-0.39, 0.29) is 11.9 Å². The fourth-order valence-electron chi connectivity index (χ4n) is 5.48. The molecule has 8 nitrogen and oxygen atoms in total. The lowest BCUT2D eigenvalue weighted by Crippen LogP contribution is -2.61. The van der Waals surface area contributed by atoms with Crippen LogP contribution in [0.3, 0.4) is 0 Å². The van der Waals surface area contributed by atoms with Crippen molar-refractivity contribution in [2.75, 3.05) is 38.7 Å². The normalized spacial score (nSPS) is 21.1. The topological polar surface area (TPSA) is 97.0 Å². The van der Waals surface area contributed by atoms with Crippen LogP contribution in [0.2, 0.25) is 0 Å². The molecule has 4 rings (SSSR count). The molecule has 2 aliphatic heterocycles. The van der Waals surface area contributed by atoms with Gasteiger partial charge in [-0.15, -0.1) is 0 Å². The second-order valence-electron chi connectivity index (χ2n) is 10.6. The van der Waals surface area contributed by atoms with Crippen LogP contribution in [0, 0.1) is 5.92 Å². The Labute approximate surface area is 208 Å². The first-order chi connectivity index (χ1) is 16.8. The molecule has 3 aliphatic rings. The van der Waals surface area contributed by atoms with Gasteiger partial charge in [0.1, 0.15) is 11.3 Å². The fourth-order valence-corrected chi connectivity index (χ4v) is 5.48. The smallest absolute Gasteiger partial charge is 0.291 e. The summed E-state index contributed by atoms with van der Waals surface area (Å²) < 4.78 is 10.7. The van der Waals surface area contributed by atoms with Gasteiger partial charge in [-0.05, 0) is 57.1 Å². The highest BCUT2D eigenvalue weighted by Gasteiger charge is 2.44. The first-order valence-electron chi connectivity index (χ1n) is 13.0. The molecule has 0 aromatic heterocycles. The molecule has 1 aromatic rings. The molecule has 35 heavy (non-hydrogen) atoms. The molecular weight excluding hydrogens is 446 g/mol. The summed E-state index contributed by atoms with van der Waals surface area (Å²) in [7, 11) is 1.60. The number of rotatable bonds is 8. The Morgan fingerprint density at radius 2 is 1.83 bits per heavy atom. The molecule has 2 N–H and O–H groups in total. The van der Waals surface area contributed by atoms with Crippen molar-refractivity contribution < 1.29 is 23.9 Å². The highest BCUT2D eigenvalue weighted by Crippen LogP contribution is 2.36.